The molecule has 0 amide bonds. The second-order valence-corrected chi connectivity index (χ2v) is 5.82. The lowest BCUT2D eigenvalue weighted by Crippen LogP contribution is -2.04. The van der Waals surface area contributed by atoms with Crippen molar-refractivity contribution in [3.63, 3.8) is 0 Å². The van der Waals surface area contributed by atoms with E-state index in [1.165, 1.54) is 12.1 Å². The van der Waals surface area contributed by atoms with E-state index < -0.39 is 15.7 Å². The fraction of sp³-hybridized carbons (Fsp3) is 0.333. The van der Waals surface area contributed by atoms with E-state index in [2.05, 4.69) is 15.9 Å². The Morgan fingerprint density at radius 1 is 1.47 bits per heavy atom. The molecule has 6 heteroatoms. The largest absolute Gasteiger partial charge is 0.491 e. The Hall–Kier alpha value is -0.620. The number of ether oxygens (including phenoxy) is 1. The minimum Gasteiger partial charge on any atom is -0.491 e. The Morgan fingerprint density at radius 2 is 2.07 bits per heavy atom. The first-order valence-corrected chi connectivity index (χ1v) is 6.86. The lowest BCUT2D eigenvalue weighted by atomic mass is 10.3. The Kier molecular flexibility index (Phi) is 3.72. The molecule has 0 spiro atoms. The Balaban J connectivity index is 3.42. The first kappa shape index (κ1) is 12.4. The van der Waals surface area contributed by atoms with Gasteiger partial charge in [0.25, 0.3) is 0 Å². The summed E-state index contributed by atoms with van der Waals surface area (Å²) in [5, 5.41) is 0. The van der Waals surface area contributed by atoms with Crippen LogP contribution in [0.25, 0.3) is 0 Å². The number of benzene rings is 1. The van der Waals surface area contributed by atoms with E-state index in [0.29, 0.717) is 4.47 Å². The Morgan fingerprint density at radius 3 is 2.53 bits per heavy atom. The minimum atomic E-state index is -3.58. The van der Waals surface area contributed by atoms with Crippen LogP contribution in [0, 0.1) is 5.82 Å². The van der Waals surface area contributed by atoms with Crippen LogP contribution >= 0.6 is 15.9 Å². The van der Waals surface area contributed by atoms with Crippen molar-refractivity contribution in [2.75, 3.05) is 12.9 Å². The molecule has 0 aromatic heterocycles. The van der Waals surface area contributed by atoms with E-state index in [0.717, 1.165) is 6.26 Å². The summed E-state index contributed by atoms with van der Waals surface area (Å²) in [6.07, 6.45) is 0.952. The van der Waals surface area contributed by atoms with Crippen molar-refractivity contribution in [1.82, 2.24) is 0 Å². The highest BCUT2D eigenvalue weighted by Crippen LogP contribution is 2.29. The summed E-state index contributed by atoms with van der Waals surface area (Å²) in [5.74, 6) is -0.908. The highest BCUT2D eigenvalue weighted by molar-refractivity contribution is 9.10. The normalized spacial score (nSPS) is 11.5. The maximum atomic E-state index is 13.6. The molecule has 0 heterocycles. The van der Waals surface area contributed by atoms with E-state index in [-0.39, 0.29) is 17.3 Å². The smallest absolute Gasteiger partial charge is 0.183 e. The van der Waals surface area contributed by atoms with Gasteiger partial charge in [-0.05, 0) is 19.1 Å². The molecule has 0 unspecified atom stereocenters. The maximum absolute atomic E-state index is 13.6. The molecule has 0 aliphatic heterocycles. The molecule has 0 atom stereocenters. The average Bonchev–Trinajstić information content (AvgIpc) is 2.09. The molecular formula is C9H10BrFO3S. The monoisotopic (exact) mass is 296 g/mol. The zero-order chi connectivity index (χ0) is 11.6. The number of hydrogen-bond donors (Lipinski definition) is 0. The van der Waals surface area contributed by atoms with Crippen LogP contribution < -0.4 is 4.74 Å². The molecule has 1 aromatic carbocycles. The molecule has 0 fully saturated rings. The average molecular weight is 297 g/mol. The van der Waals surface area contributed by atoms with Gasteiger partial charge in [-0.25, -0.2) is 12.8 Å². The fourth-order valence-corrected chi connectivity index (χ4v) is 2.43. The minimum absolute atomic E-state index is 0.0627. The van der Waals surface area contributed by atoms with Crippen molar-refractivity contribution in [2.24, 2.45) is 0 Å². The van der Waals surface area contributed by atoms with Gasteiger partial charge in [-0.2, -0.15) is 0 Å². The van der Waals surface area contributed by atoms with Crippen molar-refractivity contribution in [3.05, 3.63) is 22.4 Å². The molecule has 0 bridgehead atoms. The quantitative estimate of drug-likeness (QED) is 0.860. The SMILES string of the molecule is CCOc1cc(Br)cc(S(C)(=O)=O)c1F. The van der Waals surface area contributed by atoms with Crippen molar-refractivity contribution in [2.45, 2.75) is 11.8 Å². The second-order valence-electron chi connectivity index (χ2n) is 2.92. The van der Waals surface area contributed by atoms with E-state index in [9.17, 15) is 12.8 Å². The highest BCUT2D eigenvalue weighted by Gasteiger charge is 2.18. The van der Waals surface area contributed by atoms with Crippen molar-refractivity contribution >= 4 is 25.8 Å². The zero-order valence-electron chi connectivity index (χ0n) is 8.25. The van der Waals surface area contributed by atoms with Crippen LogP contribution in [-0.2, 0) is 9.84 Å². The van der Waals surface area contributed by atoms with Crippen molar-refractivity contribution in [3.8, 4) is 5.75 Å². The van der Waals surface area contributed by atoms with Gasteiger partial charge in [-0.3, -0.25) is 0 Å². The van der Waals surface area contributed by atoms with Crippen molar-refractivity contribution < 1.29 is 17.5 Å². The van der Waals surface area contributed by atoms with E-state index >= 15 is 0 Å². The van der Waals surface area contributed by atoms with Gasteiger partial charge in [0.05, 0.1) is 6.61 Å². The predicted molar refractivity (Wildman–Crippen MR) is 58.4 cm³/mol. The Labute approximate surface area is 96.3 Å². The number of sulfone groups is 1. The van der Waals surface area contributed by atoms with Crippen molar-refractivity contribution in [1.29, 1.82) is 0 Å². The zero-order valence-corrected chi connectivity index (χ0v) is 10.7. The molecule has 0 N–H and O–H groups in total. The van der Waals surface area contributed by atoms with E-state index in [4.69, 9.17) is 4.74 Å². The molecule has 0 aliphatic rings. The maximum Gasteiger partial charge on any atom is 0.183 e. The third kappa shape index (κ3) is 2.92. The molecule has 84 valence electrons. The van der Waals surface area contributed by atoms with Gasteiger partial charge in [0, 0.05) is 10.7 Å². The lowest BCUT2D eigenvalue weighted by molar-refractivity contribution is 0.317. The van der Waals surface area contributed by atoms with Crippen LogP contribution in [0.1, 0.15) is 6.92 Å². The number of hydrogen-bond acceptors (Lipinski definition) is 3. The molecule has 3 nitrogen and oxygen atoms in total. The molecule has 1 aromatic rings. The van der Waals surface area contributed by atoms with Gasteiger partial charge in [0.1, 0.15) is 4.90 Å². The number of rotatable bonds is 3. The van der Waals surface area contributed by atoms with Gasteiger partial charge in [0.15, 0.2) is 21.4 Å². The lowest BCUT2D eigenvalue weighted by Gasteiger charge is -2.08. The predicted octanol–water partition coefficient (Wildman–Crippen LogP) is 2.39. The van der Waals surface area contributed by atoms with Crippen LogP contribution in [0.3, 0.4) is 0 Å². The first-order chi connectivity index (χ1) is 6.86. The van der Waals surface area contributed by atoms with Gasteiger partial charge in [-0.1, -0.05) is 15.9 Å². The summed E-state index contributed by atoms with van der Waals surface area (Å²) in [4.78, 5) is -0.361. The second kappa shape index (κ2) is 4.49. The molecule has 0 aliphatic carbocycles. The summed E-state index contributed by atoms with van der Waals surface area (Å²) >= 11 is 3.10. The summed E-state index contributed by atoms with van der Waals surface area (Å²) < 4.78 is 41.6. The standard InChI is InChI=1S/C9H10BrFO3S/c1-3-14-7-4-6(10)5-8(9(7)11)15(2,12)13/h4-5H,3H2,1-2H3. The highest BCUT2D eigenvalue weighted by atomic mass is 79.9. The van der Waals surface area contributed by atoms with E-state index in [1.807, 2.05) is 0 Å². The third-order valence-electron chi connectivity index (χ3n) is 1.67. The first-order valence-electron chi connectivity index (χ1n) is 4.18. The molecule has 1 rings (SSSR count). The summed E-state index contributed by atoms with van der Waals surface area (Å²) in [5.41, 5.74) is 0. The van der Waals surface area contributed by atoms with Crippen LogP contribution in [0.2, 0.25) is 0 Å². The van der Waals surface area contributed by atoms with Crippen LogP contribution in [-0.4, -0.2) is 21.3 Å². The molecular weight excluding hydrogens is 287 g/mol. The molecule has 0 saturated heterocycles. The van der Waals surface area contributed by atoms with Gasteiger partial charge >= 0.3 is 0 Å². The van der Waals surface area contributed by atoms with Gasteiger partial charge in [0.2, 0.25) is 0 Å². The van der Waals surface area contributed by atoms with Gasteiger partial charge < -0.3 is 4.74 Å². The molecule has 0 radical (unpaired) electrons. The fourth-order valence-electron chi connectivity index (χ4n) is 1.07. The van der Waals surface area contributed by atoms with Crippen LogP contribution in [0.5, 0.6) is 5.75 Å². The topological polar surface area (TPSA) is 43.4 Å². The third-order valence-corrected chi connectivity index (χ3v) is 3.22. The summed E-state index contributed by atoms with van der Waals surface area (Å²) in [7, 11) is -3.58. The molecule has 15 heavy (non-hydrogen) atoms. The summed E-state index contributed by atoms with van der Waals surface area (Å²) in [6.45, 7) is 1.97. The van der Waals surface area contributed by atoms with E-state index in [1.54, 1.807) is 6.92 Å². The summed E-state index contributed by atoms with van der Waals surface area (Å²) in [6, 6.07) is 2.61. The number of halogens is 2. The molecule has 0 saturated carbocycles. The van der Waals surface area contributed by atoms with Crippen LogP contribution in [0.4, 0.5) is 4.39 Å². The van der Waals surface area contributed by atoms with Crippen LogP contribution in [0.15, 0.2) is 21.5 Å². The Bertz CT molecular complexity index is 470. The van der Waals surface area contributed by atoms with Gasteiger partial charge in [-0.15, -0.1) is 0 Å².